The molecule has 0 saturated carbocycles. The summed E-state index contributed by atoms with van der Waals surface area (Å²) in [6.45, 7) is 6.95. The summed E-state index contributed by atoms with van der Waals surface area (Å²) in [6.07, 6.45) is 1.65. The second-order valence-electron chi connectivity index (χ2n) is 8.48. The summed E-state index contributed by atoms with van der Waals surface area (Å²) in [5.74, 6) is 1.000. The molecule has 0 atom stereocenters. The Hall–Kier alpha value is -2.88. The zero-order valence-corrected chi connectivity index (χ0v) is 22.4. The molecule has 0 spiro atoms. The largest absolute Gasteiger partial charge is 0.352 e. The number of likely N-dealkylation sites (tertiary alicyclic amines) is 1. The van der Waals surface area contributed by atoms with Gasteiger partial charge in [0.15, 0.2) is 5.96 Å². The molecule has 7 nitrogen and oxygen atoms in total. The van der Waals surface area contributed by atoms with Crippen molar-refractivity contribution in [1.82, 2.24) is 25.3 Å². The third-order valence-electron chi connectivity index (χ3n) is 5.93. The van der Waals surface area contributed by atoms with Crippen molar-refractivity contribution in [2.45, 2.75) is 46.3 Å². The van der Waals surface area contributed by atoms with E-state index in [4.69, 9.17) is 0 Å². The number of amides is 1. The molecule has 34 heavy (non-hydrogen) atoms. The van der Waals surface area contributed by atoms with Crippen LogP contribution in [-0.2, 0) is 24.4 Å². The molecule has 2 N–H and O–H groups in total. The highest BCUT2D eigenvalue weighted by Crippen LogP contribution is 2.17. The van der Waals surface area contributed by atoms with Crippen LogP contribution in [-0.4, -0.2) is 40.1 Å². The lowest BCUT2D eigenvalue weighted by molar-refractivity contribution is -0.128. The molecule has 1 aliphatic heterocycles. The summed E-state index contributed by atoms with van der Waals surface area (Å²) in [6, 6.07) is 18.8. The molecular formula is C26H33IN6O. The Morgan fingerprint density at radius 3 is 2.38 bits per heavy atom. The van der Waals surface area contributed by atoms with Gasteiger partial charge in [-0.2, -0.15) is 5.10 Å². The molecule has 0 radical (unpaired) electrons. The average Bonchev–Trinajstić information content (AvgIpc) is 3.38. The van der Waals surface area contributed by atoms with Gasteiger partial charge in [-0.1, -0.05) is 42.5 Å². The minimum absolute atomic E-state index is 0. The molecule has 4 rings (SSSR count). The predicted molar refractivity (Wildman–Crippen MR) is 147 cm³/mol. The molecular weight excluding hydrogens is 539 g/mol. The lowest BCUT2D eigenvalue weighted by atomic mass is 10.1. The molecule has 8 heteroatoms. The number of para-hydroxylation sites is 1. The highest BCUT2D eigenvalue weighted by molar-refractivity contribution is 14.0. The number of nitrogens with one attached hydrogen (secondary N) is 2. The number of rotatable bonds is 7. The maximum atomic E-state index is 11.8. The number of guanidine groups is 1. The Labute approximate surface area is 218 Å². The first-order chi connectivity index (χ1) is 16.0. The number of carbonyl (C=O) groups excluding carboxylic acids is 1. The Balaban J connectivity index is 0.00000324. The fourth-order valence-electron chi connectivity index (χ4n) is 4.18. The Morgan fingerprint density at radius 2 is 1.74 bits per heavy atom. The summed E-state index contributed by atoms with van der Waals surface area (Å²) < 4.78 is 1.99. The van der Waals surface area contributed by atoms with Gasteiger partial charge in [0.25, 0.3) is 0 Å². The first-order valence-electron chi connectivity index (χ1n) is 11.4. The van der Waals surface area contributed by atoms with E-state index in [0.29, 0.717) is 26.1 Å². The topological polar surface area (TPSA) is 74.6 Å². The van der Waals surface area contributed by atoms with Crippen molar-refractivity contribution in [3.8, 4) is 5.69 Å². The van der Waals surface area contributed by atoms with E-state index in [0.717, 1.165) is 52.7 Å². The maximum absolute atomic E-state index is 11.8. The highest BCUT2D eigenvalue weighted by atomic mass is 127. The van der Waals surface area contributed by atoms with E-state index in [1.165, 1.54) is 0 Å². The maximum Gasteiger partial charge on any atom is 0.222 e. The lowest BCUT2D eigenvalue weighted by Gasteiger charge is -2.16. The Morgan fingerprint density at radius 1 is 1.03 bits per heavy atom. The van der Waals surface area contributed by atoms with Crippen molar-refractivity contribution in [2.24, 2.45) is 4.99 Å². The van der Waals surface area contributed by atoms with Gasteiger partial charge in [-0.3, -0.25) is 9.79 Å². The third-order valence-corrected chi connectivity index (χ3v) is 5.93. The van der Waals surface area contributed by atoms with E-state index < -0.39 is 0 Å². The van der Waals surface area contributed by atoms with Gasteiger partial charge >= 0.3 is 0 Å². The number of halogens is 1. The van der Waals surface area contributed by atoms with Crippen molar-refractivity contribution in [3.63, 3.8) is 0 Å². The quantitative estimate of drug-likeness (QED) is 0.254. The van der Waals surface area contributed by atoms with Crippen LogP contribution >= 0.6 is 24.0 Å². The van der Waals surface area contributed by atoms with Crippen LogP contribution in [0.4, 0.5) is 0 Å². The van der Waals surface area contributed by atoms with Gasteiger partial charge in [0.1, 0.15) is 0 Å². The number of benzene rings is 2. The fraction of sp³-hybridized carbons (Fsp3) is 0.346. The van der Waals surface area contributed by atoms with Gasteiger partial charge < -0.3 is 15.5 Å². The minimum atomic E-state index is 0. The average molecular weight is 572 g/mol. The second kappa shape index (κ2) is 12.0. The number of carbonyl (C=O) groups is 1. The Bertz CT molecular complexity index is 1140. The highest BCUT2D eigenvalue weighted by Gasteiger charge is 2.19. The molecule has 1 fully saturated rings. The van der Waals surface area contributed by atoms with E-state index in [1.54, 1.807) is 7.05 Å². The molecule has 2 heterocycles. The summed E-state index contributed by atoms with van der Waals surface area (Å²) >= 11 is 0. The van der Waals surface area contributed by atoms with Crippen molar-refractivity contribution in [3.05, 3.63) is 82.7 Å². The van der Waals surface area contributed by atoms with Crippen LogP contribution < -0.4 is 10.6 Å². The standard InChI is InChI=1S/C26H32N6O.HI/c1-19-15-20(2)32(30-19)24-8-5-4-7-23(24)17-29-26(27-3)28-16-21-10-12-22(13-11-21)18-31-14-6-9-25(31)33;/h4-5,7-8,10-13,15H,6,9,14,16-18H2,1-3H3,(H2,27,28,29);1H. The van der Waals surface area contributed by atoms with Gasteiger partial charge in [-0.15, -0.1) is 24.0 Å². The molecule has 2 aromatic carbocycles. The molecule has 0 aliphatic carbocycles. The van der Waals surface area contributed by atoms with Crippen LogP contribution in [0, 0.1) is 13.8 Å². The van der Waals surface area contributed by atoms with Crippen molar-refractivity contribution >= 4 is 35.8 Å². The van der Waals surface area contributed by atoms with Gasteiger partial charge in [-0.05, 0) is 49.1 Å². The molecule has 3 aromatic rings. The third kappa shape index (κ3) is 6.37. The number of aryl methyl sites for hydroxylation is 2. The summed E-state index contributed by atoms with van der Waals surface area (Å²) in [4.78, 5) is 18.1. The fourth-order valence-corrected chi connectivity index (χ4v) is 4.18. The van der Waals surface area contributed by atoms with Crippen molar-refractivity contribution in [1.29, 1.82) is 0 Å². The molecule has 1 aromatic heterocycles. The molecule has 1 amide bonds. The van der Waals surface area contributed by atoms with Crippen molar-refractivity contribution < 1.29 is 4.79 Å². The monoisotopic (exact) mass is 572 g/mol. The van der Waals surface area contributed by atoms with Gasteiger partial charge in [0.2, 0.25) is 5.91 Å². The van der Waals surface area contributed by atoms with E-state index in [2.05, 4.69) is 70.1 Å². The predicted octanol–water partition coefficient (Wildman–Crippen LogP) is 4.09. The molecule has 1 saturated heterocycles. The normalized spacial score (nSPS) is 13.7. The lowest BCUT2D eigenvalue weighted by Crippen LogP contribution is -2.36. The van der Waals surface area contributed by atoms with E-state index in [9.17, 15) is 4.79 Å². The number of nitrogens with zero attached hydrogens (tertiary/aromatic N) is 4. The first kappa shape index (κ1) is 25.7. The van der Waals surface area contributed by atoms with Gasteiger partial charge in [0.05, 0.1) is 11.4 Å². The SMILES string of the molecule is CN=C(NCc1ccc(CN2CCCC2=O)cc1)NCc1ccccc1-n1nc(C)cc1C.I. The summed E-state index contributed by atoms with van der Waals surface area (Å²) in [7, 11) is 1.78. The minimum Gasteiger partial charge on any atom is -0.352 e. The van der Waals surface area contributed by atoms with Crippen molar-refractivity contribution in [2.75, 3.05) is 13.6 Å². The Kier molecular flexibility index (Phi) is 9.09. The molecule has 180 valence electrons. The number of hydrogen-bond donors (Lipinski definition) is 2. The summed E-state index contributed by atoms with van der Waals surface area (Å²) in [5.41, 5.74) is 6.66. The van der Waals surface area contributed by atoms with Gasteiger partial charge in [-0.25, -0.2) is 4.68 Å². The van der Waals surface area contributed by atoms with E-state index in [-0.39, 0.29) is 29.9 Å². The van der Waals surface area contributed by atoms with Crippen LogP contribution in [0.5, 0.6) is 0 Å². The van der Waals surface area contributed by atoms with Crippen LogP contribution in [0.2, 0.25) is 0 Å². The van der Waals surface area contributed by atoms with Crippen LogP contribution in [0.3, 0.4) is 0 Å². The first-order valence-corrected chi connectivity index (χ1v) is 11.4. The number of hydrogen-bond acceptors (Lipinski definition) is 3. The van der Waals surface area contributed by atoms with E-state index in [1.807, 2.05) is 28.6 Å². The second-order valence-corrected chi connectivity index (χ2v) is 8.48. The summed E-state index contributed by atoms with van der Waals surface area (Å²) in [5, 5.41) is 11.4. The number of aliphatic imine (C=N–C) groups is 1. The smallest absolute Gasteiger partial charge is 0.222 e. The zero-order chi connectivity index (χ0) is 23.2. The van der Waals surface area contributed by atoms with Crippen LogP contribution in [0.25, 0.3) is 5.69 Å². The molecule has 1 aliphatic rings. The zero-order valence-electron chi connectivity index (χ0n) is 20.0. The van der Waals surface area contributed by atoms with E-state index >= 15 is 0 Å². The van der Waals surface area contributed by atoms with Gasteiger partial charge in [0, 0.05) is 45.3 Å². The molecule has 0 bridgehead atoms. The van der Waals surface area contributed by atoms with Crippen LogP contribution in [0.15, 0.2) is 59.6 Å². The number of aromatic nitrogens is 2. The van der Waals surface area contributed by atoms with Crippen LogP contribution in [0.1, 0.15) is 40.9 Å². The molecule has 0 unspecified atom stereocenters.